The van der Waals surface area contributed by atoms with Gasteiger partial charge in [0, 0.05) is 12.5 Å². The first kappa shape index (κ1) is 15.7. The maximum absolute atomic E-state index is 12.2. The summed E-state index contributed by atoms with van der Waals surface area (Å²) in [5.74, 6) is -1.16. The lowest BCUT2D eigenvalue weighted by molar-refractivity contribution is -0.119. The number of amides is 3. The number of hydrazine groups is 1. The number of hydrogen-bond acceptors (Lipinski definition) is 4. The second-order valence-electron chi connectivity index (χ2n) is 4.62. The molecule has 0 aliphatic heterocycles. The molecule has 0 saturated carbocycles. The van der Waals surface area contributed by atoms with E-state index in [1.807, 2.05) is 13.0 Å². The zero-order valence-corrected chi connectivity index (χ0v) is 12.9. The zero-order chi connectivity index (χ0) is 16.1. The monoisotopic (exact) mass is 317 g/mol. The second kappa shape index (κ2) is 6.86. The van der Waals surface area contributed by atoms with E-state index in [1.54, 1.807) is 29.6 Å². The van der Waals surface area contributed by atoms with Crippen LogP contribution in [-0.2, 0) is 4.79 Å². The Labute approximate surface area is 131 Å². The van der Waals surface area contributed by atoms with Crippen molar-refractivity contribution in [3.05, 3.63) is 52.4 Å². The van der Waals surface area contributed by atoms with Crippen LogP contribution in [0.2, 0.25) is 0 Å². The molecule has 7 heteroatoms. The minimum Gasteiger partial charge on any atom is -0.313 e. The van der Waals surface area contributed by atoms with Gasteiger partial charge in [0.2, 0.25) is 5.91 Å². The van der Waals surface area contributed by atoms with E-state index in [-0.39, 0.29) is 11.8 Å². The van der Waals surface area contributed by atoms with Crippen molar-refractivity contribution in [1.29, 1.82) is 0 Å². The van der Waals surface area contributed by atoms with Crippen LogP contribution < -0.4 is 16.2 Å². The van der Waals surface area contributed by atoms with Gasteiger partial charge in [0.05, 0.1) is 5.56 Å². The van der Waals surface area contributed by atoms with Gasteiger partial charge in [-0.25, -0.2) is 0 Å². The van der Waals surface area contributed by atoms with Crippen molar-refractivity contribution in [2.75, 3.05) is 5.32 Å². The first-order valence-electron chi connectivity index (χ1n) is 6.50. The van der Waals surface area contributed by atoms with Gasteiger partial charge in [-0.1, -0.05) is 17.7 Å². The quantitative estimate of drug-likeness (QED) is 0.758. The van der Waals surface area contributed by atoms with E-state index in [2.05, 4.69) is 16.2 Å². The van der Waals surface area contributed by atoms with E-state index >= 15 is 0 Å². The van der Waals surface area contributed by atoms with Crippen LogP contribution >= 0.6 is 11.3 Å². The molecule has 0 fully saturated rings. The average molecular weight is 317 g/mol. The van der Waals surface area contributed by atoms with Crippen molar-refractivity contribution < 1.29 is 14.4 Å². The van der Waals surface area contributed by atoms with Crippen LogP contribution in [0.15, 0.2) is 35.7 Å². The Hall–Kier alpha value is -2.67. The average Bonchev–Trinajstić information content (AvgIpc) is 2.93. The molecule has 3 N–H and O–H groups in total. The van der Waals surface area contributed by atoms with E-state index in [9.17, 15) is 14.4 Å². The van der Waals surface area contributed by atoms with Crippen molar-refractivity contribution in [2.24, 2.45) is 0 Å². The number of carbonyl (C=O) groups is 3. The molecule has 22 heavy (non-hydrogen) atoms. The van der Waals surface area contributed by atoms with Gasteiger partial charge < -0.3 is 5.32 Å². The van der Waals surface area contributed by atoms with Crippen molar-refractivity contribution in [1.82, 2.24) is 10.9 Å². The summed E-state index contributed by atoms with van der Waals surface area (Å²) >= 11 is 1.23. The summed E-state index contributed by atoms with van der Waals surface area (Å²) in [7, 11) is 0. The molecule has 0 atom stereocenters. The molecule has 0 unspecified atom stereocenters. The van der Waals surface area contributed by atoms with Gasteiger partial charge in [0.1, 0.15) is 5.00 Å². The summed E-state index contributed by atoms with van der Waals surface area (Å²) in [6.07, 6.45) is 0. The third-order valence-electron chi connectivity index (χ3n) is 2.77. The van der Waals surface area contributed by atoms with Gasteiger partial charge in [0.15, 0.2) is 0 Å². The summed E-state index contributed by atoms with van der Waals surface area (Å²) in [5.41, 5.74) is 6.25. The molecular formula is C15H15N3O3S. The molecule has 0 spiro atoms. The first-order chi connectivity index (χ1) is 10.5. The molecule has 114 valence electrons. The fraction of sp³-hybridized carbons (Fsp3) is 0.133. The third-order valence-corrected chi connectivity index (χ3v) is 3.60. The number of thiophene rings is 1. The second-order valence-corrected chi connectivity index (χ2v) is 5.54. The van der Waals surface area contributed by atoms with Crippen molar-refractivity contribution in [2.45, 2.75) is 13.8 Å². The molecule has 2 aromatic rings. The Morgan fingerprint density at radius 1 is 1.05 bits per heavy atom. The highest BCUT2D eigenvalue weighted by atomic mass is 32.1. The number of anilines is 1. The summed E-state index contributed by atoms with van der Waals surface area (Å²) < 4.78 is 0. The van der Waals surface area contributed by atoms with E-state index < -0.39 is 5.91 Å². The fourth-order valence-corrected chi connectivity index (χ4v) is 2.54. The first-order valence-corrected chi connectivity index (χ1v) is 7.38. The normalized spacial score (nSPS) is 9.91. The number of nitrogens with one attached hydrogen (secondary N) is 3. The molecule has 1 aromatic carbocycles. The topological polar surface area (TPSA) is 87.3 Å². The highest BCUT2D eigenvalue weighted by Crippen LogP contribution is 2.23. The van der Waals surface area contributed by atoms with E-state index in [1.165, 1.54) is 18.3 Å². The van der Waals surface area contributed by atoms with Crippen molar-refractivity contribution >= 4 is 34.1 Å². The molecule has 2 rings (SSSR count). The predicted molar refractivity (Wildman–Crippen MR) is 84.7 cm³/mol. The number of benzene rings is 1. The summed E-state index contributed by atoms with van der Waals surface area (Å²) in [5, 5.41) is 4.82. The Bertz CT molecular complexity index is 724. The molecule has 0 radical (unpaired) electrons. The lowest BCUT2D eigenvalue weighted by atomic mass is 10.1. The molecule has 6 nitrogen and oxygen atoms in total. The van der Waals surface area contributed by atoms with E-state index in [4.69, 9.17) is 0 Å². The number of rotatable bonds is 3. The van der Waals surface area contributed by atoms with E-state index in [0.29, 0.717) is 16.1 Å². The Kier molecular flexibility index (Phi) is 4.90. The van der Waals surface area contributed by atoms with Crippen molar-refractivity contribution in [3.8, 4) is 0 Å². The minimum atomic E-state index is -0.490. The Morgan fingerprint density at radius 3 is 2.50 bits per heavy atom. The van der Waals surface area contributed by atoms with Crippen molar-refractivity contribution in [3.63, 3.8) is 0 Å². The smallest absolute Gasteiger partial charge is 0.272 e. The highest BCUT2D eigenvalue weighted by Gasteiger charge is 2.16. The van der Waals surface area contributed by atoms with Crippen LogP contribution in [0.5, 0.6) is 0 Å². The zero-order valence-electron chi connectivity index (χ0n) is 12.1. The van der Waals surface area contributed by atoms with Crippen LogP contribution in [0.3, 0.4) is 0 Å². The molecule has 3 amide bonds. The Morgan fingerprint density at radius 2 is 1.82 bits per heavy atom. The van der Waals surface area contributed by atoms with Gasteiger partial charge in [-0.05, 0) is 30.5 Å². The number of aryl methyl sites for hydroxylation is 1. The fourth-order valence-electron chi connectivity index (χ4n) is 1.76. The highest BCUT2D eigenvalue weighted by molar-refractivity contribution is 7.14. The maximum Gasteiger partial charge on any atom is 0.272 e. The van der Waals surface area contributed by atoms with Gasteiger partial charge >= 0.3 is 0 Å². The molecule has 0 bridgehead atoms. The van der Waals surface area contributed by atoms with Crippen LogP contribution in [0.4, 0.5) is 5.00 Å². The van der Waals surface area contributed by atoms with Gasteiger partial charge in [-0.2, -0.15) is 0 Å². The number of carbonyl (C=O) groups excluding carboxylic acids is 3. The van der Waals surface area contributed by atoms with E-state index in [0.717, 1.165) is 5.56 Å². The molecular weight excluding hydrogens is 302 g/mol. The predicted octanol–water partition coefficient (Wildman–Crippen LogP) is 2.09. The lowest BCUT2D eigenvalue weighted by Crippen LogP contribution is -2.40. The molecule has 0 aliphatic carbocycles. The maximum atomic E-state index is 12.2. The molecule has 1 aromatic heterocycles. The van der Waals surface area contributed by atoms with Gasteiger partial charge in [-0.15, -0.1) is 11.3 Å². The van der Waals surface area contributed by atoms with Crippen LogP contribution in [0, 0.1) is 6.92 Å². The summed E-state index contributed by atoms with van der Waals surface area (Å²) in [6, 6.07) is 8.73. The summed E-state index contributed by atoms with van der Waals surface area (Å²) in [6.45, 7) is 3.18. The molecule has 0 saturated heterocycles. The molecule has 0 aliphatic rings. The Balaban J connectivity index is 2.11. The van der Waals surface area contributed by atoms with Crippen LogP contribution in [-0.4, -0.2) is 17.7 Å². The van der Waals surface area contributed by atoms with Crippen LogP contribution in [0.1, 0.15) is 33.2 Å². The largest absolute Gasteiger partial charge is 0.313 e. The van der Waals surface area contributed by atoms with Gasteiger partial charge in [0.25, 0.3) is 11.8 Å². The summed E-state index contributed by atoms with van der Waals surface area (Å²) in [4.78, 5) is 34.9. The third kappa shape index (κ3) is 3.92. The van der Waals surface area contributed by atoms with Gasteiger partial charge in [-0.3, -0.25) is 25.2 Å². The lowest BCUT2D eigenvalue weighted by Gasteiger charge is -2.08. The van der Waals surface area contributed by atoms with Crippen LogP contribution in [0.25, 0.3) is 0 Å². The minimum absolute atomic E-state index is 0.291. The molecule has 1 heterocycles. The standard InChI is InChI=1S/C15H15N3O3S/c1-9-4-3-5-11(8-9)13(20)16-15-12(6-7-22-15)14(21)18-17-10(2)19/h3-8H,1-2H3,(H,16,20)(H,17,19)(H,18,21). The SMILES string of the molecule is CC(=O)NNC(=O)c1ccsc1NC(=O)c1cccc(C)c1. The number of hydrogen-bond donors (Lipinski definition) is 3.